The lowest BCUT2D eigenvalue weighted by molar-refractivity contribution is -0.118. The normalized spacial score (nSPS) is 11.3. The van der Waals surface area contributed by atoms with Crippen LogP contribution in [0.15, 0.2) is 78.9 Å². The molecule has 0 radical (unpaired) electrons. The summed E-state index contributed by atoms with van der Waals surface area (Å²) in [6.07, 6.45) is 0.954. The maximum atomic E-state index is 12.6. The first-order valence-corrected chi connectivity index (χ1v) is 10.2. The molecule has 31 heavy (non-hydrogen) atoms. The highest BCUT2D eigenvalue weighted by Crippen LogP contribution is 2.19. The fourth-order valence-electron chi connectivity index (χ4n) is 2.77. The van der Waals surface area contributed by atoms with Gasteiger partial charge in [0.1, 0.15) is 11.5 Å². The van der Waals surface area contributed by atoms with E-state index < -0.39 is 0 Å². The van der Waals surface area contributed by atoms with Crippen molar-refractivity contribution in [3.63, 3.8) is 0 Å². The van der Waals surface area contributed by atoms with E-state index in [-0.39, 0.29) is 24.5 Å². The summed E-state index contributed by atoms with van der Waals surface area (Å²) in [5, 5.41) is 5.61. The highest BCUT2D eigenvalue weighted by Gasteiger charge is 2.10. The van der Waals surface area contributed by atoms with E-state index in [1.54, 1.807) is 54.6 Å². The first-order valence-electron chi connectivity index (χ1n) is 10.2. The van der Waals surface area contributed by atoms with E-state index in [2.05, 4.69) is 10.6 Å². The zero-order chi connectivity index (χ0) is 22.1. The van der Waals surface area contributed by atoms with Gasteiger partial charge in [0.05, 0.1) is 6.10 Å². The van der Waals surface area contributed by atoms with Crippen LogP contribution in [0.2, 0.25) is 0 Å². The van der Waals surface area contributed by atoms with E-state index in [1.165, 1.54) is 0 Å². The van der Waals surface area contributed by atoms with Crippen LogP contribution in [0.1, 0.15) is 30.6 Å². The molecule has 0 aliphatic heterocycles. The summed E-state index contributed by atoms with van der Waals surface area (Å²) in [6, 6.07) is 23.1. The Hall–Kier alpha value is -3.80. The molecule has 3 aromatic rings. The number of carbonyl (C=O) groups is 2. The van der Waals surface area contributed by atoms with Crippen LogP contribution in [0.3, 0.4) is 0 Å². The van der Waals surface area contributed by atoms with Gasteiger partial charge in [-0.1, -0.05) is 37.3 Å². The van der Waals surface area contributed by atoms with Crippen LogP contribution < -0.4 is 20.1 Å². The van der Waals surface area contributed by atoms with E-state index in [4.69, 9.17) is 9.47 Å². The Morgan fingerprint density at radius 1 is 0.839 bits per heavy atom. The lowest BCUT2D eigenvalue weighted by Gasteiger charge is -2.13. The molecule has 6 heteroatoms. The number of benzene rings is 3. The number of amides is 2. The Kier molecular flexibility index (Phi) is 7.65. The molecule has 0 spiro atoms. The predicted octanol–water partition coefficient (Wildman–Crippen LogP) is 5.13. The third-order valence-corrected chi connectivity index (χ3v) is 4.53. The molecule has 1 unspecified atom stereocenters. The second-order valence-corrected chi connectivity index (χ2v) is 7.05. The molecule has 3 rings (SSSR count). The Balaban J connectivity index is 1.58. The maximum Gasteiger partial charge on any atom is 0.262 e. The van der Waals surface area contributed by atoms with Gasteiger partial charge < -0.3 is 20.1 Å². The molecule has 160 valence electrons. The quantitative estimate of drug-likeness (QED) is 0.505. The summed E-state index contributed by atoms with van der Waals surface area (Å²) in [6.45, 7) is 3.92. The molecule has 0 aliphatic rings. The summed E-state index contributed by atoms with van der Waals surface area (Å²) in [7, 11) is 0. The molecule has 0 aliphatic carbocycles. The molecule has 3 aromatic carbocycles. The van der Waals surface area contributed by atoms with Crippen molar-refractivity contribution in [1.82, 2.24) is 0 Å². The number of anilines is 2. The average Bonchev–Trinajstić information content (AvgIpc) is 2.78. The van der Waals surface area contributed by atoms with Gasteiger partial charge in [-0.2, -0.15) is 0 Å². The highest BCUT2D eigenvalue weighted by molar-refractivity contribution is 6.05. The van der Waals surface area contributed by atoms with Crippen LogP contribution in [0.25, 0.3) is 0 Å². The van der Waals surface area contributed by atoms with E-state index in [1.807, 2.05) is 38.1 Å². The molecule has 2 amide bonds. The molecular weight excluding hydrogens is 392 g/mol. The van der Waals surface area contributed by atoms with Crippen LogP contribution >= 0.6 is 0 Å². The molecular formula is C25H26N2O4. The number of nitrogens with one attached hydrogen (secondary N) is 2. The summed E-state index contributed by atoms with van der Waals surface area (Å²) in [4.78, 5) is 24.8. The standard InChI is InChI=1S/C25H26N2O4/c1-3-18(2)31-23-14-7-9-19(15-23)25(29)27-21-11-8-10-20(16-21)26-24(28)17-30-22-12-5-4-6-13-22/h4-16,18H,3,17H2,1-2H3,(H,26,28)(H,27,29). The molecule has 2 N–H and O–H groups in total. The van der Waals surface area contributed by atoms with Crippen LogP contribution in [0, 0.1) is 0 Å². The minimum atomic E-state index is -0.290. The van der Waals surface area contributed by atoms with Crippen LogP contribution in [0.4, 0.5) is 11.4 Å². The largest absolute Gasteiger partial charge is 0.491 e. The van der Waals surface area contributed by atoms with E-state index in [0.717, 1.165) is 6.42 Å². The number of rotatable bonds is 9. The number of carbonyl (C=O) groups excluding carboxylic acids is 2. The lowest BCUT2D eigenvalue weighted by atomic mass is 10.2. The minimum Gasteiger partial charge on any atom is -0.491 e. The molecule has 0 fully saturated rings. The van der Waals surface area contributed by atoms with Gasteiger partial charge >= 0.3 is 0 Å². The van der Waals surface area contributed by atoms with Crippen molar-refractivity contribution in [2.45, 2.75) is 26.4 Å². The van der Waals surface area contributed by atoms with Crippen molar-refractivity contribution in [3.05, 3.63) is 84.4 Å². The Labute approximate surface area is 182 Å². The smallest absolute Gasteiger partial charge is 0.262 e. The van der Waals surface area contributed by atoms with Crippen LogP contribution in [0.5, 0.6) is 11.5 Å². The summed E-state index contributed by atoms with van der Waals surface area (Å²) in [5.74, 6) is 0.729. The number of para-hydroxylation sites is 1. The fraction of sp³-hybridized carbons (Fsp3) is 0.200. The average molecular weight is 418 g/mol. The Morgan fingerprint density at radius 3 is 2.26 bits per heavy atom. The summed E-state index contributed by atoms with van der Waals surface area (Å²) >= 11 is 0. The molecule has 0 aromatic heterocycles. The number of hydrogen-bond donors (Lipinski definition) is 2. The van der Waals surface area contributed by atoms with Gasteiger partial charge in [0.15, 0.2) is 6.61 Å². The fourth-order valence-corrected chi connectivity index (χ4v) is 2.77. The molecule has 0 saturated carbocycles. The number of hydrogen-bond acceptors (Lipinski definition) is 4. The van der Waals surface area contributed by atoms with Crippen molar-refractivity contribution in [2.75, 3.05) is 17.2 Å². The topological polar surface area (TPSA) is 76.7 Å². The molecule has 6 nitrogen and oxygen atoms in total. The summed E-state index contributed by atoms with van der Waals surface area (Å²) in [5.41, 5.74) is 1.62. The van der Waals surface area contributed by atoms with Crippen LogP contribution in [-0.2, 0) is 4.79 Å². The Morgan fingerprint density at radius 2 is 1.52 bits per heavy atom. The van der Waals surface area contributed by atoms with E-state index >= 15 is 0 Å². The van der Waals surface area contributed by atoms with Crippen molar-refractivity contribution < 1.29 is 19.1 Å². The molecule has 0 saturated heterocycles. The second-order valence-electron chi connectivity index (χ2n) is 7.05. The molecule has 1 atom stereocenters. The Bertz CT molecular complexity index is 1020. The minimum absolute atomic E-state index is 0.0736. The third-order valence-electron chi connectivity index (χ3n) is 4.53. The van der Waals surface area contributed by atoms with Crippen LogP contribution in [-0.4, -0.2) is 24.5 Å². The van der Waals surface area contributed by atoms with Crippen molar-refractivity contribution in [1.29, 1.82) is 0 Å². The van der Waals surface area contributed by atoms with Gasteiger partial charge in [0, 0.05) is 16.9 Å². The predicted molar refractivity (Wildman–Crippen MR) is 122 cm³/mol. The van der Waals surface area contributed by atoms with Gasteiger partial charge in [-0.3, -0.25) is 9.59 Å². The summed E-state index contributed by atoms with van der Waals surface area (Å²) < 4.78 is 11.2. The second kappa shape index (κ2) is 10.8. The van der Waals surface area contributed by atoms with Gasteiger partial charge in [-0.25, -0.2) is 0 Å². The number of ether oxygens (including phenoxy) is 2. The van der Waals surface area contributed by atoms with E-state index in [9.17, 15) is 9.59 Å². The molecule has 0 heterocycles. The van der Waals surface area contributed by atoms with E-state index in [0.29, 0.717) is 28.4 Å². The third kappa shape index (κ3) is 6.89. The van der Waals surface area contributed by atoms with Crippen molar-refractivity contribution in [3.8, 4) is 11.5 Å². The zero-order valence-corrected chi connectivity index (χ0v) is 17.6. The SMILES string of the molecule is CCC(C)Oc1cccc(C(=O)Nc2cccc(NC(=O)COc3ccccc3)c2)c1. The highest BCUT2D eigenvalue weighted by atomic mass is 16.5. The molecule has 0 bridgehead atoms. The zero-order valence-electron chi connectivity index (χ0n) is 17.6. The van der Waals surface area contributed by atoms with Crippen molar-refractivity contribution >= 4 is 23.2 Å². The lowest BCUT2D eigenvalue weighted by Crippen LogP contribution is -2.20. The van der Waals surface area contributed by atoms with Gasteiger partial charge in [0.2, 0.25) is 0 Å². The first kappa shape index (κ1) is 21.9. The maximum absolute atomic E-state index is 12.6. The first-order chi connectivity index (χ1) is 15.0. The van der Waals surface area contributed by atoms with Gasteiger partial charge in [-0.15, -0.1) is 0 Å². The monoisotopic (exact) mass is 418 g/mol. The van der Waals surface area contributed by atoms with Gasteiger partial charge in [-0.05, 0) is 61.9 Å². The van der Waals surface area contributed by atoms with Crippen molar-refractivity contribution in [2.24, 2.45) is 0 Å². The van der Waals surface area contributed by atoms with Gasteiger partial charge in [0.25, 0.3) is 11.8 Å².